The number of hydrogen-bond acceptors (Lipinski definition) is 2. The molecule has 5 nitrogen and oxygen atoms in total. The first-order valence-electron chi connectivity index (χ1n) is 7.88. The normalized spacial score (nSPS) is 18.7. The molecule has 1 rings (SSSR count). The molecule has 2 amide bonds. The minimum atomic E-state index is -0.875. The predicted molar refractivity (Wildman–Crippen MR) is 83.2 cm³/mol. The fraction of sp³-hybridized carbons (Fsp3) is 0.875. The molecule has 0 aromatic heterocycles. The molecular formula is C16H30N2O3. The molecule has 5 heteroatoms. The van der Waals surface area contributed by atoms with Crippen LogP contribution in [-0.2, 0) is 4.79 Å². The van der Waals surface area contributed by atoms with E-state index in [2.05, 4.69) is 26.1 Å². The van der Waals surface area contributed by atoms with Gasteiger partial charge in [-0.3, -0.25) is 4.79 Å². The lowest BCUT2D eigenvalue weighted by atomic mass is 9.75. The van der Waals surface area contributed by atoms with Crippen LogP contribution in [0.3, 0.4) is 0 Å². The number of urea groups is 1. The number of rotatable bonds is 4. The van der Waals surface area contributed by atoms with Crippen molar-refractivity contribution in [3.8, 4) is 0 Å². The van der Waals surface area contributed by atoms with E-state index in [1.54, 1.807) is 0 Å². The average molecular weight is 298 g/mol. The van der Waals surface area contributed by atoms with Gasteiger partial charge in [-0.2, -0.15) is 0 Å². The van der Waals surface area contributed by atoms with Gasteiger partial charge in [0.15, 0.2) is 0 Å². The lowest BCUT2D eigenvalue weighted by Crippen LogP contribution is -2.50. The third-order valence-corrected chi connectivity index (χ3v) is 4.52. The Hall–Kier alpha value is -1.26. The first kappa shape index (κ1) is 17.8. The molecule has 1 heterocycles. The molecule has 122 valence electrons. The maximum Gasteiger partial charge on any atom is 0.317 e. The average Bonchev–Trinajstić information content (AvgIpc) is 2.36. The Balaban J connectivity index is 2.51. The highest BCUT2D eigenvalue weighted by molar-refractivity contribution is 5.76. The number of aliphatic carboxylic acids is 1. The van der Waals surface area contributed by atoms with Gasteiger partial charge in [-0.15, -0.1) is 0 Å². The third-order valence-electron chi connectivity index (χ3n) is 4.52. The molecular weight excluding hydrogens is 268 g/mol. The van der Waals surface area contributed by atoms with Gasteiger partial charge in [-0.05, 0) is 30.1 Å². The fourth-order valence-electron chi connectivity index (χ4n) is 2.84. The van der Waals surface area contributed by atoms with Gasteiger partial charge in [0.2, 0.25) is 0 Å². The fourth-order valence-corrected chi connectivity index (χ4v) is 2.84. The molecule has 0 bridgehead atoms. The number of likely N-dealkylation sites (tertiary alicyclic amines) is 1. The van der Waals surface area contributed by atoms with E-state index in [4.69, 9.17) is 5.11 Å². The molecule has 0 radical (unpaired) electrons. The van der Waals surface area contributed by atoms with E-state index in [9.17, 15) is 9.59 Å². The van der Waals surface area contributed by atoms with Gasteiger partial charge in [0.25, 0.3) is 0 Å². The number of hydrogen-bond donors (Lipinski definition) is 2. The van der Waals surface area contributed by atoms with Crippen LogP contribution in [0.25, 0.3) is 0 Å². The summed E-state index contributed by atoms with van der Waals surface area (Å²) in [4.78, 5) is 25.0. The maximum absolute atomic E-state index is 12.3. The Bertz CT molecular complexity index is 366. The summed E-state index contributed by atoms with van der Waals surface area (Å²) in [5.74, 6) is -0.126. The smallest absolute Gasteiger partial charge is 0.317 e. The van der Waals surface area contributed by atoms with E-state index in [1.807, 2.05) is 18.7 Å². The van der Waals surface area contributed by atoms with Crippen LogP contribution in [0.2, 0.25) is 0 Å². The molecule has 1 unspecified atom stereocenters. The molecule has 1 atom stereocenters. The lowest BCUT2D eigenvalue weighted by molar-refractivity contribution is -0.137. The SMILES string of the molecule is CC(C)C(CC(=O)O)NC(=O)N1CCC(C(C)(C)C)CC1. The summed E-state index contributed by atoms with van der Waals surface area (Å²) >= 11 is 0. The molecule has 0 aromatic rings. The van der Waals surface area contributed by atoms with Gasteiger partial charge in [-0.25, -0.2) is 4.79 Å². The Kier molecular flexibility index (Phi) is 6.05. The van der Waals surface area contributed by atoms with E-state index in [0.717, 1.165) is 25.9 Å². The van der Waals surface area contributed by atoms with Crippen molar-refractivity contribution >= 4 is 12.0 Å². The highest BCUT2D eigenvalue weighted by Gasteiger charge is 2.31. The minimum Gasteiger partial charge on any atom is -0.481 e. The van der Waals surface area contributed by atoms with Crippen LogP contribution in [-0.4, -0.2) is 41.1 Å². The molecule has 0 aromatic carbocycles. The standard InChI is InChI=1S/C16H30N2O3/c1-11(2)13(10-14(19)20)17-15(21)18-8-6-12(7-9-18)16(3,4)5/h11-13H,6-10H2,1-5H3,(H,17,21)(H,19,20). The van der Waals surface area contributed by atoms with Crippen molar-refractivity contribution in [3.63, 3.8) is 0 Å². The van der Waals surface area contributed by atoms with Crippen molar-refractivity contribution < 1.29 is 14.7 Å². The molecule has 0 spiro atoms. The number of carboxylic acids is 1. The Morgan fingerprint density at radius 2 is 1.76 bits per heavy atom. The van der Waals surface area contributed by atoms with Crippen molar-refractivity contribution in [1.82, 2.24) is 10.2 Å². The van der Waals surface area contributed by atoms with E-state index in [-0.39, 0.29) is 29.8 Å². The summed E-state index contributed by atoms with van der Waals surface area (Å²) in [5, 5.41) is 11.8. The summed E-state index contributed by atoms with van der Waals surface area (Å²) in [5.41, 5.74) is 0.284. The van der Waals surface area contributed by atoms with Crippen LogP contribution in [0.4, 0.5) is 4.79 Å². The second-order valence-electron chi connectivity index (χ2n) is 7.53. The Labute approximate surface area is 128 Å². The molecule has 0 saturated carbocycles. The van der Waals surface area contributed by atoms with Gasteiger partial charge in [0, 0.05) is 19.1 Å². The Morgan fingerprint density at radius 3 is 2.14 bits per heavy atom. The molecule has 21 heavy (non-hydrogen) atoms. The number of piperidine rings is 1. The van der Waals surface area contributed by atoms with Gasteiger partial charge in [0.1, 0.15) is 0 Å². The zero-order valence-electron chi connectivity index (χ0n) is 14.0. The lowest BCUT2D eigenvalue weighted by Gasteiger charge is -2.39. The van der Waals surface area contributed by atoms with Crippen molar-refractivity contribution in [2.45, 2.75) is 59.9 Å². The van der Waals surface area contributed by atoms with Crippen LogP contribution >= 0.6 is 0 Å². The van der Waals surface area contributed by atoms with Gasteiger partial charge >= 0.3 is 12.0 Å². The number of nitrogens with one attached hydrogen (secondary N) is 1. The first-order valence-corrected chi connectivity index (χ1v) is 7.88. The second kappa shape index (κ2) is 7.14. The Morgan fingerprint density at radius 1 is 1.24 bits per heavy atom. The van der Waals surface area contributed by atoms with Crippen molar-refractivity contribution in [3.05, 3.63) is 0 Å². The van der Waals surface area contributed by atoms with E-state index >= 15 is 0 Å². The van der Waals surface area contributed by atoms with Crippen LogP contribution in [0.5, 0.6) is 0 Å². The van der Waals surface area contributed by atoms with Gasteiger partial charge in [0.05, 0.1) is 6.42 Å². The van der Waals surface area contributed by atoms with Crippen molar-refractivity contribution in [1.29, 1.82) is 0 Å². The summed E-state index contributed by atoms with van der Waals surface area (Å²) < 4.78 is 0. The quantitative estimate of drug-likeness (QED) is 0.838. The van der Waals surface area contributed by atoms with Crippen LogP contribution in [0.1, 0.15) is 53.9 Å². The maximum atomic E-state index is 12.3. The largest absolute Gasteiger partial charge is 0.481 e. The zero-order valence-corrected chi connectivity index (χ0v) is 14.0. The highest BCUT2D eigenvalue weighted by Crippen LogP contribution is 2.34. The molecule has 1 aliphatic heterocycles. The zero-order chi connectivity index (χ0) is 16.2. The summed E-state index contributed by atoms with van der Waals surface area (Å²) in [6, 6.07) is -0.433. The van der Waals surface area contributed by atoms with Crippen LogP contribution < -0.4 is 5.32 Å². The number of amides is 2. The summed E-state index contributed by atoms with van der Waals surface area (Å²) in [6.45, 7) is 12.1. The topological polar surface area (TPSA) is 69.6 Å². The van der Waals surface area contributed by atoms with E-state index < -0.39 is 5.97 Å². The summed E-state index contributed by atoms with van der Waals surface area (Å²) in [6.07, 6.45) is 2.01. The number of carbonyl (C=O) groups excluding carboxylic acids is 1. The van der Waals surface area contributed by atoms with Crippen molar-refractivity contribution in [2.75, 3.05) is 13.1 Å². The molecule has 0 aliphatic carbocycles. The van der Waals surface area contributed by atoms with Crippen LogP contribution in [0, 0.1) is 17.3 Å². The number of carbonyl (C=O) groups is 2. The third kappa shape index (κ3) is 5.56. The molecule has 1 saturated heterocycles. The monoisotopic (exact) mass is 298 g/mol. The molecule has 1 fully saturated rings. The van der Waals surface area contributed by atoms with Crippen LogP contribution in [0.15, 0.2) is 0 Å². The molecule has 1 aliphatic rings. The first-order chi connectivity index (χ1) is 9.61. The highest BCUT2D eigenvalue weighted by atomic mass is 16.4. The number of carboxylic acid groups (broad SMARTS) is 1. The molecule has 2 N–H and O–H groups in total. The predicted octanol–water partition coefficient (Wildman–Crippen LogP) is 2.95. The van der Waals surface area contributed by atoms with Gasteiger partial charge < -0.3 is 15.3 Å². The number of nitrogens with zero attached hydrogens (tertiary/aromatic N) is 1. The van der Waals surface area contributed by atoms with Crippen molar-refractivity contribution in [2.24, 2.45) is 17.3 Å². The van der Waals surface area contributed by atoms with Gasteiger partial charge in [-0.1, -0.05) is 34.6 Å². The summed E-state index contributed by atoms with van der Waals surface area (Å²) in [7, 11) is 0. The van der Waals surface area contributed by atoms with E-state index in [0.29, 0.717) is 5.92 Å². The minimum absolute atomic E-state index is 0.0259. The van der Waals surface area contributed by atoms with E-state index in [1.165, 1.54) is 0 Å². The second-order valence-corrected chi connectivity index (χ2v) is 7.53.